The number of nitrogens with zero attached hydrogens (tertiary/aromatic N) is 3. The molecule has 0 spiro atoms. The Kier molecular flexibility index (Phi) is 3.24. The van der Waals surface area contributed by atoms with E-state index in [1.165, 1.54) is 12.5 Å². The summed E-state index contributed by atoms with van der Waals surface area (Å²) in [6, 6.07) is 6.04. The van der Waals surface area contributed by atoms with Crippen LogP contribution in [0.4, 0.5) is 0 Å². The SMILES string of the molecule is Cc1cc(C)c(C)c(Oc2ncncc2C#N)c1. The molecular formula is C14H13N3O. The Morgan fingerprint density at radius 1 is 1.22 bits per heavy atom. The van der Waals surface area contributed by atoms with Gasteiger partial charge in [-0.3, -0.25) is 0 Å². The molecule has 0 aliphatic rings. The van der Waals surface area contributed by atoms with Crippen molar-refractivity contribution in [3.63, 3.8) is 0 Å². The lowest BCUT2D eigenvalue weighted by atomic mass is 10.1. The van der Waals surface area contributed by atoms with E-state index in [4.69, 9.17) is 10.00 Å². The van der Waals surface area contributed by atoms with Crippen LogP contribution in [0.3, 0.4) is 0 Å². The normalized spacial score (nSPS) is 9.89. The van der Waals surface area contributed by atoms with Crippen molar-refractivity contribution in [2.24, 2.45) is 0 Å². The van der Waals surface area contributed by atoms with Crippen molar-refractivity contribution in [1.82, 2.24) is 9.97 Å². The largest absolute Gasteiger partial charge is 0.437 e. The van der Waals surface area contributed by atoms with Gasteiger partial charge in [0.25, 0.3) is 0 Å². The van der Waals surface area contributed by atoms with Crippen LogP contribution in [0.15, 0.2) is 24.7 Å². The van der Waals surface area contributed by atoms with Crippen molar-refractivity contribution < 1.29 is 4.74 Å². The summed E-state index contributed by atoms with van der Waals surface area (Å²) >= 11 is 0. The van der Waals surface area contributed by atoms with Crippen molar-refractivity contribution in [2.75, 3.05) is 0 Å². The molecule has 4 nitrogen and oxygen atoms in total. The van der Waals surface area contributed by atoms with Gasteiger partial charge in [-0.25, -0.2) is 9.97 Å². The van der Waals surface area contributed by atoms with E-state index in [0.717, 1.165) is 22.4 Å². The molecule has 0 amide bonds. The minimum atomic E-state index is 0.292. The first-order chi connectivity index (χ1) is 8.61. The summed E-state index contributed by atoms with van der Waals surface area (Å²) in [4.78, 5) is 7.79. The van der Waals surface area contributed by atoms with Crippen LogP contribution in [0.5, 0.6) is 11.6 Å². The third kappa shape index (κ3) is 2.30. The van der Waals surface area contributed by atoms with Crippen molar-refractivity contribution in [2.45, 2.75) is 20.8 Å². The molecule has 0 radical (unpaired) electrons. The van der Waals surface area contributed by atoms with Crippen LogP contribution in [-0.2, 0) is 0 Å². The topological polar surface area (TPSA) is 58.8 Å². The van der Waals surface area contributed by atoms with Gasteiger partial charge >= 0.3 is 0 Å². The number of ether oxygens (including phenoxy) is 1. The molecule has 4 heteroatoms. The molecule has 0 atom stereocenters. The summed E-state index contributed by atoms with van der Waals surface area (Å²) in [5.74, 6) is 1.02. The third-order valence-electron chi connectivity index (χ3n) is 2.77. The zero-order chi connectivity index (χ0) is 13.1. The summed E-state index contributed by atoms with van der Waals surface area (Å²) in [6.45, 7) is 6.02. The Balaban J connectivity index is 2.44. The Labute approximate surface area is 106 Å². The maximum Gasteiger partial charge on any atom is 0.240 e. The first-order valence-electron chi connectivity index (χ1n) is 5.57. The molecule has 0 saturated carbocycles. The lowest BCUT2D eigenvalue weighted by molar-refractivity contribution is 0.455. The third-order valence-corrected chi connectivity index (χ3v) is 2.77. The highest BCUT2D eigenvalue weighted by atomic mass is 16.5. The molecule has 1 heterocycles. The van der Waals surface area contributed by atoms with E-state index in [9.17, 15) is 0 Å². The van der Waals surface area contributed by atoms with Crippen LogP contribution in [0.2, 0.25) is 0 Å². The molecule has 1 aromatic carbocycles. The van der Waals surface area contributed by atoms with E-state index in [1.54, 1.807) is 0 Å². The number of benzene rings is 1. The van der Waals surface area contributed by atoms with E-state index in [1.807, 2.05) is 32.9 Å². The first-order valence-corrected chi connectivity index (χ1v) is 5.57. The highest BCUT2D eigenvalue weighted by molar-refractivity contribution is 5.45. The Morgan fingerprint density at radius 2 is 2.00 bits per heavy atom. The van der Waals surface area contributed by atoms with Crippen LogP contribution in [-0.4, -0.2) is 9.97 Å². The highest BCUT2D eigenvalue weighted by Gasteiger charge is 2.09. The van der Waals surface area contributed by atoms with Gasteiger partial charge in [0.15, 0.2) is 0 Å². The molecule has 0 aliphatic heterocycles. The average Bonchev–Trinajstić information content (AvgIpc) is 2.36. The molecular weight excluding hydrogens is 226 g/mol. The fourth-order valence-electron chi connectivity index (χ4n) is 1.69. The van der Waals surface area contributed by atoms with Crippen LogP contribution in [0.25, 0.3) is 0 Å². The number of hydrogen-bond donors (Lipinski definition) is 0. The molecule has 2 rings (SSSR count). The Bertz CT molecular complexity index is 629. The van der Waals surface area contributed by atoms with Crippen molar-refractivity contribution >= 4 is 0 Å². The van der Waals surface area contributed by atoms with Crippen molar-refractivity contribution in [3.8, 4) is 17.7 Å². The summed E-state index contributed by atoms with van der Waals surface area (Å²) < 4.78 is 5.72. The van der Waals surface area contributed by atoms with Gasteiger partial charge in [-0.15, -0.1) is 0 Å². The molecule has 0 aliphatic carbocycles. The van der Waals surface area contributed by atoms with Crippen molar-refractivity contribution in [1.29, 1.82) is 5.26 Å². The molecule has 1 aromatic heterocycles. The molecule has 0 saturated heterocycles. The van der Waals surface area contributed by atoms with Gasteiger partial charge in [-0.2, -0.15) is 5.26 Å². The quantitative estimate of drug-likeness (QED) is 0.808. The molecule has 2 aromatic rings. The smallest absolute Gasteiger partial charge is 0.240 e. The number of nitriles is 1. The molecule has 18 heavy (non-hydrogen) atoms. The second kappa shape index (κ2) is 4.84. The van der Waals surface area contributed by atoms with Crippen LogP contribution >= 0.6 is 0 Å². The van der Waals surface area contributed by atoms with Gasteiger partial charge in [-0.1, -0.05) is 6.07 Å². The number of hydrogen-bond acceptors (Lipinski definition) is 4. The Morgan fingerprint density at radius 3 is 2.72 bits per heavy atom. The molecule has 0 unspecified atom stereocenters. The fraction of sp³-hybridized carbons (Fsp3) is 0.214. The van der Waals surface area contributed by atoms with E-state index in [2.05, 4.69) is 16.0 Å². The highest BCUT2D eigenvalue weighted by Crippen LogP contribution is 2.28. The fourth-order valence-corrected chi connectivity index (χ4v) is 1.69. The van der Waals surface area contributed by atoms with E-state index in [-0.39, 0.29) is 0 Å². The van der Waals surface area contributed by atoms with Gasteiger partial charge in [0.2, 0.25) is 5.88 Å². The standard InChI is InChI=1S/C14H13N3O/c1-9-4-10(2)11(3)13(5-9)18-14-12(6-15)7-16-8-17-14/h4-5,7-8H,1-3H3. The monoisotopic (exact) mass is 239 g/mol. The molecule has 90 valence electrons. The summed E-state index contributed by atoms with van der Waals surface area (Å²) in [5.41, 5.74) is 3.64. The minimum absolute atomic E-state index is 0.292. The van der Waals surface area contributed by atoms with Crippen LogP contribution in [0, 0.1) is 32.1 Å². The zero-order valence-corrected chi connectivity index (χ0v) is 10.6. The second-order valence-corrected chi connectivity index (χ2v) is 4.16. The predicted octanol–water partition coefficient (Wildman–Crippen LogP) is 3.07. The minimum Gasteiger partial charge on any atom is -0.437 e. The lowest BCUT2D eigenvalue weighted by Crippen LogP contribution is -1.96. The second-order valence-electron chi connectivity index (χ2n) is 4.16. The maximum atomic E-state index is 8.96. The summed E-state index contributed by atoms with van der Waals surface area (Å²) in [5, 5.41) is 8.96. The number of aromatic nitrogens is 2. The molecule has 0 fully saturated rings. The zero-order valence-electron chi connectivity index (χ0n) is 10.6. The number of aryl methyl sites for hydroxylation is 2. The van der Waals surface area contributed by atoms with E-state index in [0.29, 0.717) is 11.4 Å². The van der Waals surface area contributed by atoms with Crippen LogP contribution < -0.4 is 4.74 Å². The summed E-state index contributed by atoms with van der Waals surface area (Å²) in [7, 11) is 0. The van der Waals surface area contributed by atoms with Gasteiger partial charge in [0.05, 0.1) is 6.20 Å². The lowest BCUT2D eigenvalue weighted by Gasteiger charge is -2.11. The van der Waals surface area contributed by atoms with Crippen LogP contribution in [0.1, 0.15) is 22.3 Å². The number of rotatable bonds is 2. The molecule has 0 N–H and O–H groups in total. The van der Waals surface area contributed by atoms with E-state index < -0.39 is 0 Å². The summed E-state index contributed by atoms with van der Waals surface area (Å²) in [6.07, 6.45) is 2.81. The molecule has 0 bridgehead atoms. The predicted molar refractivity (Wildman–Crippen MR) is 67.5 cm³/mol. The van der Waals surface area contributed by atoms with Crippen molar-refractivity contribution in [3.05, 3.63) is 46.9 Å². The van der Waals surface area contributed by atoms with Gasteiger partial charge in [0, 0.05) is 0 Å². The van der Waals surface area contributed by atoms with Gasteiger partial charge in [0.1, 0.15) is 23.7 Å². The average molecular weight is 239 g/mol. The van der Waals surface area contributed by atoms with E-state index >= 15 is 0 Å². The maximum absolute atomic E-state index is 8.96. The Hall–Kier alpha value is -2.41. The first kappa shape index (κ1) is 12.1. The van der Waals surface area contributed by atoms with Gasteiger partial charge < -0.3 is 4.74 Å². The van der Waals surface area contributed by atoms with Gasteiger partial charge in [-0.05, 0) is 43.5 Å².